The van der Waals surface area contributed by atoms with Gasteiger partial charge in [-0.3, -0.25) is 0 Å². The smallest absolute Gasteiger partial charge is 0.0673 e. The van der Waals surface area contributed by atoms with Gasteiger partial charge >= 0.3 is 0 Å². The Balaban J connectivity index is 2.44. The van der Waals surface area contributed by atoms with Crippen LogP contribution >= 0.6 is 62.3 Å². The van der Waals surface area contributed by atoms with E-state index in [0.29, 0.717) is 20.1 Å². The van der Waals surface area contributed by atoms with Crippen molar-refractivity contribution in [2.75, 3.05) is 0 Å². The van der Waals surface area contributed by atoms with E-state index in [0.717, 1.165) is 11.1 Å². The molecule has 2 aromatic carbocycles. The van der Waals surface area contributed by atoms with E-state index in [2.05, 4.69) is 15.9 Å². The first kappa shape index (κ1) is 14.5. The summed E-state index contributed by atoms with van der Waals surface area (Å²) in [4.78, 5) is -0.105. The third kappa shape index (κ3) is 3.15. The van der Waals surface area contributed by atoms with E-state index in [9.17, 15) is 0 Å². The van der Waals surface area contributed by atoms with Crippen LogP contribution in [0.1, 0.15) is 16.0 Å². The fraction of sp³-hybridized carbons (Fsp3) is 0.0769. The van der Waals surface area contributed by atoms with Crippen LogP contribution in [0.15, 0.2) is 36.4 Å². The zero-order chi connectivity index (χ0) is 13.3. The van der Waals surface area contributed by atoms with E-state index in [1.54, 1.807) is 24.3 Å². The molecule has 18 heavy (non-hydrogen) atoms. The van der Waals surface area contributed by atoms with Crippen molar-refractivity contribution >= 4 is 62.3 Å². The highest BCUT2D eigenvalue weighted by Crippen LogP contribution is 2.39. The maximum atomic E-state index is 6.17. The van der Waals surface area contributed by atoms with E-state index in [1.807, 2.05) is 12.1 Å². The van der Waals surface area contributed by atoms with E-state index in [4.69, 9.17) is 46.4 Å². The molecule has 0 atom stereocenters. The molecule has 5 heteroatoms. The van der Waals surface area contributed by atoms with Gasteiger partial charge in [0.05, 0.1) is 4.83 Å². The quantitative estimate of drug-likeness (QED) is 0.500. The third-order valence-electron chi connectivity index (χ3n) is 2.47. The maximum Gasteiger partial charge on any atom is 0.0673 e. The van der Waals surface area contributed by atoms with Crippen LogP contribution in [0.5, 0.6) is 0 Å². The predicted octanol–water partition coefficient (Wildman–Crippen LogP) is 6.78. The summed E-state index contributed by atoms with van der Waals surface area (Å²) in [5.41, 5.74) is 1.82. The van der Waals surface area contributed by atoms with Gasteiger partial charge < -0.3 is 0 Å². The monoisotopic (exact) mass is 382 g/mol. The van der Waals surface area contributed by atoms with E-state index in [1.165, 1.54) is 0 Å². The summed E-state index contributed by atoms with van der Waals surface area (Å²) in [5.74, 6) is 0. The average Bonchev–Trinajstić information content (AvgIpc) is 2.28. The molecule has 0 aromatic heterocycles. The summed E-state index contributed by atoms with van der Waals surface area (Å²) >= 11 is 27.7. The van der Waals surface area contributed by atoms with Crippen LogP contribution in [-0.4, -0.2) is 0 Å². The molecule has 2 aromatic rings. The van der Waals surface area contributed by atoms with Crippen LogP contribution < -0.4 is 0 Å². The number of hydrogen-bond acceptors (Lipinski definition) is 0. The van der Waals surface area contributed by atoms with Crippen LogP contribution in [0, 0.1) is 0 Å². The molecule has 0 nitrogen and oxygen atoms in total. The number of halogens is 5. The lowest BCUT2D eigenvalue weighted by molar-refractivity contribution is 1.18. The molecule has 0 radical (unpaired) electrons. The lowest BCUT2D eigenvalue weighted by atomic mass is 10.0. The van der Waals surface area contributed by atoms with E-state index in [-0.39, 0.29) is 4.83 Å². The third-order valence-corrected chi connectivity index (χ3v) is 4.58. The zero-order valence-corrected chi connectivity index (χ0v) is 13.5. The largest absolute Gasteiger partial charge is 0.0843 e. The highest BCUT2D eigenvalue weighted by atomic mass is 79.9. The van der Waals surface area contributed by atoms with E-state index < -0.39 is 0 Å². The zero-order valence-electron chi connectivity index (χ0n) is 8.93. The van der Waals surface area contributed by atoms with Gasteiger partial charge in [0.2, 0.25) is 0 Å². The molecule has 0 N–H and O–H groups in total. The minimum Gasteiger partial charge on any atom is -0.0843 e. The summed E-state index contributed by atoms with van der Waals surface area (Å²) in [7, 11) is 0. The molecule has 0 bridgehead atoms. The Labute approximate surface area is 134 Å². The van der Waals surface area contributed by atoms with Gasteiger partial charge in [0, 0.05) is 20.1 Å². The van der Waals surface area contributed by atoms with Crippen molar-refractivity contribution in [3.05, 3.63) is 67.6 Å². The maximum absolute atomic E-state index is 6.17. The molecule has 2 rings (SSSR count). The number of hydrogen-bond donors (Lipinski definition) is 0. The molecule has 0 saturated heterocycles. The van der Waals surface area contributed by atoms with Gasteiger partial charge in [0.1, 0.15) is 0 Å². The second-order valence-electron chi connectivity index (χ2n) is 3.69. The van der Waals surface area contributed by atoms with Crippen molar-refractivity contribution in [2.24, 2.45) is 0 Å². The van der Waals surface area contributed by atoms with Gasteiger partial charge in [-0.15, -0.1) is 0 Å². The van der Waals surface area contributed by atoms with Crippen molar-refractivity contribution < 1.29 is 0 Å². The Hall–Kier alpha value is 0.0800. The first-order chi connectivity index (χ1) is 8.49. The van der Waals surface area contributed by atoms with Gasteiger partial charge in [-0.2, -0.15) is 0 Å². The molecule has 0 amide bonds. The minimum absolute atomic E-state index is 0.105. The van der Waals surface area contributed by atoms with Crippen LogP contribution in [0.3, 0.4) is 0 Å². The summed E-state index contributed by atoms with van der Waals surface area (Å²) in [6.07, 6.45) is 0. The first-order valence-electron chi connectivity index (χ1n) is 5.03. The molecular weight excluding hydrogens is 378 g/mol. The molecule has 0 aliphatic carbocycles. The van der Waals surface area contributed by atoms with Crippen molar-refractivity contribution in [3.63, 3.8) is 0 Å². The Morgan fingerprint density at radius 2 is 1.11 bits per heavy atom. The summed E-state index contributed by atoms with van der Waals surface area (Å²) in [6, 6.07) is 10.7. The molecular formula is C13H7BrCl4. The molecule has 94 valence electrons. The molecule has 0 saturated carbocycles. The molecule has 0 fully saturated rings. The highest BCUT2D eigenvalue weighted by molar-refractivity contribution is 9.09. The Kier molecular flexibility index (Phi) is 4.85. The SMILES string of the molecule is Clc1ccc(C(Br)c2ccc(Cl)cc2Cl)c(Cl)c1. The van der Waals surface area contributed by atoms with E-state index >= 15 is 0 Å². The van der Waals surface area contributed by atoms with Gasteiger partial charge in [-0.25, -0.2) is 0 Å². The summed E-state index contributed by atoms with van der Waals surface area (Å²) in [5, 5.41) is 2.39. The minimum atomic E-state index is -0.105. The first-order valence-corrected chi connectivity index (χ1v) is 7.46. The van der Waals surface area contributed by atoms with Gasteiger partial charge in [-0.1, -0.05) is 74.5 Å². The van der Waals surface area contributed by atoms with Crippen LogP contribution in [0.25, 0.3) is 0 Å². The van der Waals surface area contributed by atoms with Gasteiger partial charge in [0.15, 0.2) is 0 Å². The Morgan fingerprint density at radius 1 is 0.722 bits per heavy atom. The summed E-state index contributed by atoms with van der Waals surface area (Å²) < 4.78 is 0. The highest BCUT2D eigenvalue weighted by Gasteiger charge is 2.17. The second kappa shape index (κ2) is 6.02. The molecule has 0 heterocycles. The fourth-order valence-electron chi connectivity index (χ4n) is 1.58. The Bertz CT molecular complexity index is 532. The lowest BCUT2D eigenvalue weighted by Gasteiger charge is -2.14. The standard InChI is InChI=1S/C13H7BrCl4/c14-13(9-3-1-7(15)5-11(9)17)10-4-2-8(16)6-12(10)18/h1-6,13H. The topological polar surface area (TPSA) is 0 Å². The molecule has 0 unspecified atom stereocenters. The van der Waals surface area contributed by atoms with Crippen LogP contribution in [0.4, 0.5) is 0 Å². The Morgan fingerprint density at radius 3 is 1.44 bits per heavy atom. The van der Waals surface area contributed by atoms with Crippen molar-refractivity contribution in [2.45, 2.75) is 4.83 Å². The van der Waals surface area contributed by atoms with Crippen molar-refractivity contribution in [3.8, 4) is 0 Å². The molecule has 0 aliphatic heterocycles. The lowest BCUT2D eigenvalue weighted by Crippen LogP contribution is -1.95. The number of alkyl halides is 1. The average molecular weight is 385 g/mol. The van der Waals surface area contributed by atoms with Crippen molar-refractivity contribution in [1.82, 2.24) is 0 Å². The predicted molar refractivity (Wildman–Crippen MR) is 83.7 cm³/mol. The van der Waals surface area contributed by atoms with Gasteiger partial charge in [0.25, 0.3) is 0 Å². The molecule has 0 spiro atoms. The number of rotatable bonds is 2. The molecule has 0 aliphatic rings. The van der Waals surface area contributed by atoms with Crippen LogP contribution in [0.2, 0.25) is 20.1 Å². The normalized spacial score (nSPS) is 11.0. The summed E-state index contributed by atoms with van der Waals surface area (Å²) in [6.45, 7) is 0. The fourth-order valence-corrected chi connectivity index (χ4v) is 3.68. The number of benzene rings is 2. The van der Waals surface area contributed by atoms with Crippen molar-refractivity contribution in [1.29, 1.82) is 0 Å². The second-order valence-corrected chi connectivity index (χ2v) is 6.30. The van der Waals surface area contributed by atoms with Crippen LogP contribution in [-0.2, 0) is 0 Å². The van der Waals surface area contributed by atoms with Gasteiger partial charge in [-0.05, 0) is 35.4 Å².